The van der Waals surface area contributed by atoms with Gasteiger partial charge in [-0.1, -0.05) is 0 Å². The van der Waals surface area contributed by atoms with Gasteiger partial charge in [0.15, 0.2) is 0 Å². The average Bonchev–Trinajstić information content (AvgIpc) is 2.80. The first-order valence-electron chi connectivity index (χ1n) is 6.22. The maximum absolute atomic E-state index is 12.4. The highest BCUT2D eigenvalue weighted by molar-refractivity contribution is 7.20. The Morgan fingerprint density at radius 3 is 2.76 bits per heavy atom. The van der Waals surface area contributed by atoms with Crippen molar-refractivity contribution < 1.29 is 19.1 Å². The van der Waals surface area contributed by atoms with Gasteiger partial charge in [0.1, 0.15) is 16.3 Å². The lowest BCUT2D eigenvalue weighted by molar-refractivity contribution is -0.141. The summed E-state index contributed by atoms with van der Waals surface area (Å²) in [7, 11) is 1.24. The molecule has 0 atom stereocenters. The standard InChI is InChI=1S/C13H14N2O5S/c1-4-20-13(18)10-7(2)9-11(21-10)14-6-15(12(9)17)5-8(16)19-3/h6H,4-5H2,1-3H3. The van der Waals surface area contributed by atoms with E-state index in [-0.39, 0.29) is 18.7 Å². The number of hydrogen-bond acceptors (Lipinski definition) is 7. The van der Waals surface area contributed by atoms with E-state index in [4.69, 9.17) is 4.74 Å². The van der Waals surface area contributed by atoms with Crippen LogP contribution in [0.4, 0.5) is 0 Å². The van der Waals surface area contributed by atoms with Crippen molar-refractivity contribution >= 4 is 33.5 Å². The zero-order valence-corrected chi connectivity index (χ0v) is 12.7. The fourth-order valence-corrected chi connectivity index (χ4v) is 2.90. The second-order valence-electron chi connectivity index (χ2n) is 4.21. The van der Waals surface area contributed by atoms with Gasteiger partial charge < -0.3 is 9.47 Å². The molecule has 8 heteroatoms. The molecule has 0 aliphatic rings. The van der Waals surface area contributed by atoms with Gasteiger partial charge in [0.25, 0.3) is 5.56 Å². The highest BCUT2D eigenvalue weighted by Crippen LogP contribution is 2.27. The van der Waals surface area contributed by atoms with Crippen molar-refractivity contribution in [2.45, 2.75) is 20.4 Å². The van der Waals surface area contributed by atoms with E-state index in [9.17, 15) is 14.4 Å². The lowest BCUT2D eigenvalue weighted by Gasteiger charge is -2.03. The van der Waals surface area contributed by atoms with Crippen molar-refractivity contribution in [3.63, 3.8) is 0 Å². The number of thiophene rings is 1. The number of methoxy groups -OCH3 is 1. The van der Waals surface area contributed by atoms with Crippen LogP contribution in [-0.2, 0) is 20.8 Å². The van der Waals surface area contributed by atoms with Crippen LogP contribution in [0, 0.1) is 6.92 Å². The predicted molar refractivity (Wildman–Crippen MR) is 76.6 cm³/mol. The third kappa shape index (κ3) is 2.80. The largest absolute Gasteiger partial charge is 0.468 e. The SMILES string of the molecule is CCOC(=O)c1sc2ncn(CC(=O)OC)c(=O)c2c1C. The first-order valence-corrected chi connectivity index (χ1v) is 7.03. The molecule has 0 spiro atoms. The number of hydrogen-bond donors (Lipinski definition) is 0. The van der Waals surface area contributed by atoms with Crippen LogP contribution in [0.3, 0.4) is 0 Å². The number of fused-ring (bicyclic) bond motifs is 1. The van der Waals surface area contributed by atoms with Crippen molar-refractivity contribution in [1.82, 2.24) is 9.55 Å². The van der Waals surface area contributed by atoms with Crippen molar-refractivity contribution in [2.75, 3.05) is 13.7 Å². The highest BCUT2D eigenvalue weighted by Gasteiger charge is 2.20. The normalized spacial score (nSPS) is 10.6. The quantitative estimate of drug-likeness (QED) is 0.786. The molecule has 0 aliphatic heterocycles. The number of carbonyl (C=O) groups is 2. The Bertz CT molecular complexity index is 762. The van der Waals surface area contributed by atoms with E-state index in [0.29, 0.717) is 20.7 Å². The van der Waals surface area contributed by atoms with Crippen LogP contribution in [0.2, 0.25) is 0 Å². The van der Waals surface area contributed by atoms with E-state index < -0.39 is 11.9 Å². The maximum atomic E-state index is 12.4. The molecule has 0 saturated carbocycles. The highest BCUT2D eigenvalue weighted by atomic mass is 32.1. The van der Waals surface area contributed by atoms with Gasteiger partial charge in [0.2, 0.25) is 0 Å². The molecule has 0 aromatic carbocycles. The summed E-state index contributed by atoms with van der Waals surface area (Å²) in [6.07, 6.45) is 1.27. The minimum atomic E-state index is -0.545. The van der Waals surface area contributed by atoms with E-state index in [2.05, 4.69) is 9.72 Å². The van der Waals surface area contributed by atoms with Gasteiger partial charge in [-0.05, 0) is 19.4 Å². The van der Waals surface area contributed by atoms with E-state index >= 15 is 0 Å². The Kier molecular flexibility index (Phi) is 4.37. The number of carbonyl (C=O) groups excluding carboxylic acids is 2. The number of esters is 2. The molecule has 2 aromatic heterocycles. The average molecular weight is 310 g/mol. The summed E-state index contributed by atoms with van der Waals surface area (Å²) < 4.78 is 10.6. The number of aryl methyl sites for hydroxylation is 1. The van der Waals surface area contributed by atoms with Crippen LogP contribution in [0.5, 0.6) is 0 Å². The number of rotatable bonds is 4. The molecule has 21 heavy (non-hydrogen) atoms. The van der Waals surface area contributed by atoms with E-state index in [0.717, 1.165) is 15.9 Å². The van der Waals surface area contributed by atoms with Crippen LogP contribution in [-0.4, -0.2) is 35.2 Å². The predicted octanol–water partition coefficient (Wildman–Crippen LogP) is 1.12. The fraction of sp³-hybridized carbons (Fsp3) is 0.385. The van der Waals surface area contributed by atoms with Crippen LogP contribution in [0.1, 0.15) is 22.2 Å². The Morgan fingerprint density at radius 1 is 1.43 bits per heavy atom. The Morgan fingerprint density at radius 2 is 2.14 bits per heavy atom. The van der Waals surface area contributed by atoms with Gasteiger partial charge in [-0.25, -0.2) is 9.78 Å². The molecule has 2 aromatic rings. The van der Waals surface area contributed by atoms with Crippen molar-refractivity contribution in [3.05, 3.63) is 27.1 Å². The molecule has 0 saturated heterocycles. The van der Waals surface area contributed by atoms with Gasteiger partial charge in [-0.3, -0.25) is 14.2 Å². The van der Waals surface area contributed by atoms with Crippen LogP contribution < -0.4 is 5.56 Å². The van der Waals surface area contributed by atoms with Crippen molar-refractivity contribution in [1.29, 1.82) is 0 Å². The van der Waals surface area contributed by atoms with Crippen molar-refractivity contribution in [3.8, 4) is 0 Å². The molecule has 0 aliphatic carbocycles. The molecule has 112 valence electrons. The molecule has 0 radical (unpaired) electrons. The van der Waals surface area contributed by atoms with Gasteiger partial charge in [0, 0.05) is 0 Å². The first-order chi connectivity index (χ1) is 9.99. The number of nitrogens with zero attached hydrogens (tertiary/aromatic N) is 2. The van der Waals surface area contributed by atoms with E-state index in [1.807, 2.05) is 0 Å². The topological polar surface area (TPSA) is 87.5 Å². The fourth-order valence-electron chi connectivity index (χ4n) is 1.87. The molecule has 2 rings (SSSR count). The number of aromatic nitrogens is 2. The zero-order chi connectivity index (χ0) is 15.6. The van der Waals surface area contributed by atoms with Crippen LogP contribution in [0.15, 0.2) is 11.1 Å². The summed E-state index contributed by atoms with van der Waals surface area (Å²) >= 11 is 1.10. The van der Waals surface area contributed by atoms with E-state index in [1.165, 1.54) is 13.4 Å². The summed E-state index contributed by atoms with van der Waals surface area (Å²) in [5.74, 6) is -1.02. The summed E-state index contributed by atoms with van der Waals surface area (Å²) in [6, 6.07) is 0. The smallest absolute Gasteiger partial charge is 0.348 e. The molecular weight excluding hydrogens is 296 g/mol. The molecule has 0 fully saturated rings. The molecule has 0 amide bonds. The Balaban J connectivity index is 2.55. The Labute approximate surface area is 124 Å². The molecular formula is C13H14N2O5S. The summed E-state index contributed by atoms with van der Waals surface area (Å²) in [6.45, 7) is 3.41. The molecule has 0 bridgehead atoms. The van der Waals surface area contributed by atoms with Gasteiger partial charge >= 0.3 is 11.9 Å². The molecule has 7 nitrogen and oxygen atoms in total. The van der Waals surface area contributed by atoms with Crippen molar-refractivity contribution in [2.24, 2.45) is 0 Å². The molecule has 0 unspecified atom stereocenters. The Hall–Kier alpha value is -2.22. The molecule has 0 N–H and O–H groups in total. The summed E-state index contributed by atoms with van der Waals surface area (Å²) in [5, 5.41) is 0.328. The zero-order valence-electron chi connectivity index (χ0n) is 11.8. The maximum Gasteiger partial charge on any atom is 0.348 e. The van der Waals surface area contributed by atoms with Gasteiger partial charge in [-0.2, -0.15) is 0 Å². The van der Waals surface area contributed by atoms with Gasteiger partial charge in [0.05, 0.1) is 25.4 Å². The minimum Gasteiger partial charge on any atom is -0.468 e. The van der Waals surface area contributed by atoms with Gasteiger partial charge in [-0.15, -0.1) is 11.3 Å². The minimum absolute atomic E-state index is 0.220. The lowest BCUT2D eigenvalue weighted by atomic mass is 10.2. The first kappa shape index (κ1) is 15.2. The second-order valence-corrected chi connectivity index (χ2v) is 5.21. The molecule has 2 heterocycles. The monoisotopic (exact) mass is 310 g/mol. The second kappa shape index (κ2) is 6.04. The van der Waals surface area contributed by atoms with Crippen LogP contribution in [0.25, 0.3) is 10.2 Å². The van der Waals surface area contributed by atoms with Crippen LogP contribution >= 0.6 is 11.3 Å². The summed E-state index contributed by atoms with van der Waals surface area (Å²) in [5.41, 5.74) is 0.139. The third-order valence-corrected chi connectivity index (χ3v) is 4.09. The third-order valence-electron chi connectivity index (χ3n) is 2.91. The summed E-state index contributed by atoms with van der Waals surface area (Å²) in [4.78, 5) is 40.4. The lowest BCUT2D eigenvalue weighted by Crippen LogP contribution is -2.25. The van der Waals surface area contributed by atoms with E-state index in [1.54, 1.807) is 13.8 Å². The number of ether oxygens (including phenoxy) is 2.